The molecule has 0 atom stereocenters. The molecule has 1 aliphatic heterocycles. The Kier molecular flexibility index (Phi) is 6.20. The van der Waals surface area contributed by atoms with Gasteiger partial charge in [-0.1, -0.05) is 30.3 Å². The van der Waals surface area contributed by atoms with Crippen molar-refractivity contribution >= 4 is 12.0 Å². The lowest BCUT2D eigenvalue weighted by molar-refractivity contribution is -0.135. The van der Waals surface area contributed by atoms with Crippen LogP contribution in [0.25, 0.3) is 0 Å². The zero-order valence-corrected chi connectivity index (χ0v) is 14.6. The smallest absolute Gasteiger partial charge is 0.410 e. The first-order valence-corrected chi connectivity index (χ1v) is 8.26. The monoisotopic (exact) mass is 334 g/mol. The molecule has 0 saturated carbocycles. The molecule has 1 aromatic rings. The number of likely N-dealkylation sites (tertiary alicyclic amines) is 1. The fourth-order valence-corrected chi connectivity index (χ4v) is 2.39. The van der Waals surface area contributed by atoms with Crippen LogP contribution in [0.1, 0.15) is 39.2 Å². The van der Waals surface area contributed by atoms with Crippen LogP contribution in [0.4, 0.5) is 4.79 Å². The van der Waals surface area contributed by atoms with E-state index in [1.54, 1.807) is 4.90 Å². The molecular formula is C18H26N2O4. The summed E-state index contributed by atoms with van der Waals surface area (Å²) in [6, 6.07) is 9.65. The van der Waals surface area contributed by atoms with Gasteiger partial charge in [0.1, 0.15) is 5.60 Å². The summed E-state index contributed by atoms with van der Waals surface area (Å²) in [4.78, 5) is 30.4. The highest BCUT2D eigenvalue weighted by molar-refractivity contribution is 5.74. The number of ether oxygens (including phenoxy) is 1. The van der Waals surface area contributed by atoms with Crippen molar-refractivity contribution in [3.63, 3.8) is 0 Å². The third-order valence-corrected chi connectivity index (χ3v) is 3.66. The first-order chi connectivity index (χ1) is 11.3. The van der Waals surface area contributed by atoms with E-state index in [-0.39, 0.29) is 12.0 Å². The molecule has 0 radical (unpaired) electrons. The molecule has 1 aliphatic rings. The van der Waals surface area contributed by atoms with E-state index in [2.05, 4.69) is 5.48 Å². The van der Waals surface area contributed by atoms with Gasteiger partial charge in [-0.15, -0.1) is 0 Å². The summed E-state index contributed by atoms with van der Waals surface area (Å²) in [5, 5.41) is 0. The highest BCUT2D eigenvalue weighted by atomic mass is 16.6. The van der Waals surface area contributed by atoms with Crippen LogP contribution in [-0.4, -0.2) is 35.6 Å². The topological polar surface area (TPSA) is 67.9 Å². The van der Waals surface area contributed by atoms with Crippen LogP contribution in [0.3, 0.4) is 0 Å². The van der Waals surface area contributed by atoms with Gasteiger partial charge in [0, 0.05) is 19.5 Å². The summed E-state index contributed by atoms with van der Waals surface area (Å²) in [7, 11) is 0. The number of hydrogen-bond donors (Lipinski definition) is 1. The van der Waals surface area contributed by atoms with Crippen molar-refractivity contribution in [3.8, 4) is 0 Å². The Labute approximate surface area is 143 Å². The average Bonchev–Trinajstić information content (AvgIpc) is 2.44. The normalized spacial score (nSPS) is 14.9. The van der Waals surface area contributed by atoms with Crippen molar-refractivity contribution in [2.45, 2.75) is 45.8 Å². The third kappa shape index (κ3) is 6.20. The Morgan fingerprint density at radius 2 is 1.88 bits per heavy atom. The Morgan fingerprint density at radius 3 is 2.50 bits per heavy atom. The number of rotatable bonds is 6. The van der Waals surface area contributed by atoms with E-state index in [4.69, 9.17) is 9.57 Å². The molecule has 1 fully saturated rings. The number of amides is 2. The van der Waals surface area contributed by atoms with Crippen molar-refractivity contribution < 1.29 is 19.2 Å². The van der Waals surface area contributed by atoms with Crippen LogP contribution in [0.5, 0.6) is 0 Å². The summed E-state index contributed by atoms with van der Waals surface area (Å²) in [5.74, 6) is 0.207. The second kappa shape index (κ2) is 8.15. The molecule has 1 N–H and O–H groups in total. The highest BCUT2D eigenvalue weighted by Crippen LogP contribution is 2.23. The molecule has 1 aromatic carbocycles. The van der Waals surface area contributed by atoms with E-state index in [0.717, 1.165) is 12.0 Å². The third-order valence-electron chi connectivity index (χ3n) is 3.66. The molecule has 0 aliphatic carbocycles. The number of hydrogen-bond acceptors (Lipinski definition) is 4. The van der Waals surface area contributed by atoms with Crippen molar-refractivity contribution in [1.82, 2.24) is 10.4 Å². The first-order valence-electron chi connectivity index (χ1n) is 8.26. The Hall–Kier alpha value is -2.08. The molecular weight excluding hydrogens is 308 g/mol. The van der Waals surface area contributed by atoms with E-state index >= 15 is 0 Å². The van der Waals surface area contributed by atoms with Gasteiger partial charge < -0.3 is 9.64 Å². The number of hydroxylamine groups is 1. The van der Waals surface area contributed by atoms with E-state index in [1.807, 2.05) is 51.1 Å². The molecule has 0 spiro atoms. The molecule has 6 nitrogen and oxygen atoms in total. The predicted molar refractivity (Wildman–Crippen MR) is 89.9 cm³/mol. The maximum absolute atomic E-state index is 11.8. The van der Waals surface area contributed by atoms with Gasteiger partial charge in [0.05, 0.1) is 6.61 Å². The maximum atomic E-state index is 11.8. The van der Waals surface area contributed by atoms with Gasteiger partial charge in [-0.05, 0) is 38.7 Å². The van der Waals surface area contributed by atoms with Gasteiger partial charge in [0.25, 0.3) is 0 Å². The van der Waals surface area contributed by atoms with Gasteiger partial charge in [-0.3, -0.25) is 9.63 Å². The van der Waals surface area contributed by atoms with Crippen molar-refractivity contribution in [1.29, 1.82) is 0 Å². The van der Waals surface area contributed by atoms with Crippen molar-refractivity contribution in [2.75, 3.05) is 13.1 Å². The summed E-state index contributed by atoms with van der Waals surface area (Å²) in [6.07, 6.45) is 0.843. The van der Waals surface area contributed by atoms with E-state index < -0.39 is 5.60 Å². The average molecular weight is 334 g/mol. The number of benzene rings is 1. The Bertz CT molecular complexity index is 548. The molecule has 2 amide bonds. The molecule has 1 heterocycles. The molecule has 1 saturated heterocycles. The molecule has 0 unspecified atom stereocenters. The van der Waals surface area contributed by atoms with Gasteiger partial charge in [0.15, 0.2) is 0 Å². The second-order valence-corrected chi connectivity index (χ2v) is 7.09. The van der Waals surface area contributed by atoms with Crippen LogP contribution in [0, 0.1) is 5.92 Å². The van der Waals surface area contributed by atoms with Crippen LogP contribution >= 0.6 is 0 Å². The van der Waals surface area contributed by atoms with Gasteiger partial charge >= 0.3 is 6.09 Å². The number of carbonyl (C=O) groups is 2. The predicted octanol–water partition coefficient (Wildman–Crippen LogP) is 2.88. The molecule has 0 bridgehead atoms. The summed E-state index contributed by atoms with van der Waals surface area (Å²) in [6.45, 7) is 7.19. The quantitative estimate of drug-likeness (QED) is 0.812. The second-order valence-electron chi connectivity index (χ2n) is 7.09. The fraction of sp³-hybridized carbons (Fsp3) is 0.556. The molecule has 0 aromatic heterocycles. The lowest BCUT2D eigenvalue weighted by Gasteiger charge is -2.39. The van der Waals surface area contributed by atoms with Crippen molar-refractivity contribution in [3.05, 3.63) is 35.9 Å². The summed E-state index contributed by atoms with van der Waals surface area (Å²) >= 11 is 0. The van der Waals surface area contributed by atoms with E-state index in [0.29, 0.717) is 32.0 Å². The Morgan fingerprint density at radius 1 is 1.21 bits per heavy atom. The van der Waals surface area contributed by atoms with E-state index in [1.165, 1.54) is 0 Å². The van der Waals surface area contributed by atoms with Crippen molar-refractivity contribution in [2.24, 2.45) is 5.92 Å². The van der Waals surface area contributed by atoms with Gasteiger partial charge in [-0.2, -0.15) is 0 Å². The van der Waals surface area contributed by atoms with Crippen LogP contribution in [0.2, 0.25) is 0 Å². The molecule has 132 valence electrons. The number of carbonyl (C=O) groups excluding carboxylic acids is 2. The molecule has 6 heteroatoms. The number of nitrogens with zero attached hydrogens (tertiary/aromatic N) is 1. The summed E-state index contributed by atoms with van der Waals surface area (Å²) in [5.41, 5.74) is 2.99. The van der Waals surface area contributed by atoms with Gasteiger partial charge in [-0.25, -0.2) is 10.3 Å². The largest absolute Gasteiger partial charge is 0.444 e. The SMILES string of the molecule is CC(C)(C)OC(=O)N1CC(CCC(=O)NOCc2ccccc2)C1. The summed E-state index contributed by atoms with van der Waals surface area (Å²) < 4.78 is 5.30. The van der Waals surface area contributed by atoms with Crippen LogP contribution in [0.15, 0.2) is 30.3 Å². The minimum atomic E-state index is -0.474. The zero-order chi connectivity index (χ0) is 17.6. The molecule has 2 rings (SSSR count). The first kappa shape index (κ1) is 18.3. The minimum absolute atomic E-state index is 0.137. The highest BCUT2D eigenvalue weighted by Gasteiger charge is 2.33. The molecule has 24 heavy (non-hydrogen) atoms. The zero-order valence-electron chi connectivity index (χ0n) is 14.6. The van der Waals surface area contributed by atoms with E-state index in [9.17, 15) is 9.59 Å². The van der Waals surface area contributed by atoms with Gasteiger partial charge in [0.2, 0.25) is 5.91 Å². The lowest BCUT2D eigenvalue weighted by atomic mass is 9.95. The fourth-order valence-electron chi connectivity index (χ4n) is 2.39. The number of nitrogens with one attached hydrogen (secondary N) is 1. The minimum Gasteiger partial charge on any atom is -0.444 e. The standard InChI is InChI=1S/C18H26N2O4/c1-18(2,3)24-17(22)20-11-15(12-20)9-10-16(21)19-23-13-14-7-5-4-6-8-14/h4-8,15H,9-13H2,1-3H3,(H,19,21). The maximum Gasteiger partial charge on any atom is 0.410 e. The Balaban J connectivity index is 1.55. The van der Waals surface area contributed by atoms with Crippen LogP contribution in [-0.2, 0) is 21.0 Å². The van der Waals surface area contributed by atoms with Crippen LogP contribution < -0.4 is 5.48 Å². The lowest BCUT2D eigenvalue weighted by Crippen LogP contribution is -2.51.